The molecule has 11 N–H and O–H groups in total. The molecule has 1 rings (SSSR count). The summed E-state index contributed by atoms with van der Waals surface area (Å²) < 4.78 is 0. The number of rotatable bonds is 13. The number of phenols is 1. The molecule has 0 spiro atoms. The minimum atomic E-state index is -1.46. The highest BCUT2D eigenvalue weighted by molar-refractivity contribution is 6.00. The third kappa shape index (κ3) is 11.3. The van der Waals surface area contributed by atoms with Gasteiger partial charge in [-0.05, 0) is 35.8 Å². The fourth-order valence-electron chi connectivity index (χ4n) is 3.89. The first-order chi connectivity index (χ1) is 18.7. The van der Waals surface area contributed by atoms with Crippen LogP contribution in [0.2, 0.25) is 0 Å². The van der Waals surface area contributed by atoms with Crippen LogP contribution in [0.5, 0.6) is 5.75 Å². The van der Waals surface area contributed by atoms with Crippen LogP contribution in [0.15, 0.2) is 17.1 Å². The molecular formula is C27H43N7O7. The van der Waals surface area contributed by atoms with Gasteiger partial charge in [-0.25, -0.2) is 0 Å². The molecule has 0 radical (unpaired) electrons. The largest absolute Gasteiger partial charge is 0.507 e. The first-order valence-electron chi connectivity index (χ1n) is 13.1. The highest BCUT2D eigenvalue weighted by Crippen LogP contribution is 2.39. The Morgan fingerprint density at radius 1 is 0.878 bits per heavy atom. The number of nitrogens with one attached hydrogen (secondary N) is 3. The van der Waals surface area contributed by atoms with Gasteiger partial charge in [-0.15, -0.1) is 0 Å². The number of hydrogen-bond acceptors (Lipinski definition) is 7. The number of carboxylic acid groups (broad SMARTS) is 1. The van der Waals surface area contributed by atoms with E-state index >= 15 is 0 Å². The minimum Gasteiger partial charge on any atom is -0.507 e. The van der Waals surface area contributed by atoms with E-state index in [0.29, 0.717) is 11.1 Å². The van der Waals surface area contributed by atoms with Crippen molar-refractivity contribution in [2.45, 2.75) is 83.7 Å². The lowest BCUT2D eigenvalue weighted by molar-refractivity contribution is -0.138. The predicted molar refractivity (Wildman–Crippen MR) is 153 cm³/mol. The number of aliphatic imine (C=N–C) groups is 1. The normalized spacial score (nSPS) is 12.9. The second kappa shape index (κ2) is 14.3. The molecule has 228 valence electrons. The van der Waals surface area contributed by atoms with Gasteiger partial charge < -0.3 is 43.4 Å². The number of aliphatic carboxylic acids is 1. The van der Waals surface area contributed by atoms with Crippen molar-refractivity contribution in [3.63, 3.8) is 0 Å². The van der Waals surface area contributed by atoms with Crippen molar-refractivity contribution in [3.05, 3.63) is 28.8 Å². The van der Waals surface area contributed by atoms with Crippen molar-refractivity contribution >= 4 is 35.6 Å². The lowest BCUT2D eigenvalue weighted by atomic mass is 9.78. The summed E-state index contributed by atoms with van der Waals surface area (Å²) in [7, 11) is 0. The van der Waals surface area contributed by atoms with Crippen molar-refractivity contribution in [1.82, 2.24) is 16.0 Å². The topological polar surface area (TPSA) is 252 Å². The van der Waals surface area contributed by atoms with Crippen LogP contribution in [-0.4, -0.2) is 70.9 Å². The lowest BCUT2D eigenvalue weighted by Crippen LogP contribution is -2.55. The SMILES string of the molecule is CC(C)(C)c1cc(C(=O)NC(CC(N)=O)C(=O)NC(CCCN=C(N)N)C(=O)NCC(=O)O)cc(C(C)(C)C)c1O. The van der Waals surface area contributed by atoms with Gasteiger partial charge in [-0.2, -0.15) is 0 Å². The number of nitrogens with two attached hydrogens (primary N) is 3. The van der Waals surface area contributed by atoms with Crippen LogP contribution in [0.3, 0.4) is 0 Å². The molecule has 0 fully saturated rings. The molecule has 0 aliphatic carbocycles. The van der Waals surface area contributed by atoms with Crippen molar-refractivity contribution in [2.75, 3.05) is 13.1 Å². The van der Waals surface area contributed by atoms with Crippen molar-refractivity contribution in [2.24, 2.45) is 22.2 Å². The van der Waals surface area contributed by atoms with Crippen LogP contribution in [0.4, 0.5) is 0 Å². The van der Waals surface area contributed by atoms with Crippen LogP contribution in [0.1, 0.15) is 82.3 Å². The van der Waals surface area contributed by atoms with Gasteiger partial charge in [0, 0.05) is 23.2 Å². The van der Waals surface area contributed by atoms with E-state index in [4.69, 9.17) is 22.3 Å². The summed E-state index contributed by atoms with van der Waals surface area (Å²) in [5, 5.41) is 27.0. The Morgan fingerprint density at radius 2 is 1.41 bits per heavy atom. The number of aromatic hydroxyl groups is 1. The molecule has 0 aliphatic heterocycles. The van der Waals surface area contributed by atoms with E-state index in [2.05, 4.69) is 20.9 Å². The van der Waals surface area contributed by atoms with E-state index in [1.54, 1.807) is 0 Å². The van der Waals surface area contributed by atoms with E-state index in [9.17, 15) is 29.1 Å². The van der Waals surface area contributed by atoms with Crippen LogP contribution >= 0.6 is 0 Å². The number of phenolic OH excluding ortho intramolecular Hbond substituents is 1. The number of carbonyl (C=O) groups excluding carboxylic acids is 4. The summed E-state index contributed by atoms with van der Waals surface area (Å²) in [6.45, 7) is 10.7. The fraction of sp³-hybridized carbons (Fsp3) is 0.556. The molecule has 2 atom stereocenters. The van der Waals surface area contributed by atoms with Crippen LogP contribution < -0.4 is 33.2 Å². The molecule has 41 heavy (non-hydrogen) atoms. The summed E-state index contributed by atoms with van der Waals surface area (Å²) >= 11 is 0. The number of carboxylic acids is 1. The average molecular weight is 578 g/mol. The number of guanidine groups is 1. The average Bonchev–Trinajstić information content (AvgIpc) is 2.81. The van der Waals surface area contributed by atoms with Gasteiger partial charge >= 0.3 is 5.97 Å². The Bertz CT molecular complexity index is 1140. The smallest absolute Gasteiger partial charge is 0.322 e. The molecule has 0 saturated carbocycles. The molecule has 0 saturated heterocycles. The number of carbonyl (C=O) groups is 5. The predicted octanol–water partition coefficient (Wildman–Crippen LogP) is -0.300. The monoisotopic (exact) mass is 577 g/mol. The maximum Gasteiger partial charge on any atom is 0.322 e. The van der Waals surface area contributed by atoms with Crippen molar-refractivity contribution < 1.29 is 34.2 Å². The second-order valence-corrected chi connectivity index (χ2v) is 11.7. The number of primary amides is 1. The summed E-state index contributed by atoms with van der Waals surface area (Å²) in [6, 6.07) is 0.352. The fourth-order valence-corrected chi connectivity index (χ4v) is 3.89. The molecule has 1 aromatic rings. The van der Waals surface area contributed by atoms with E-state index in [1.807, 2.05) is 41.5 Å². The quantitative estimate of drug-likeness (QED) is 0.0868. The Labute approximate surface area is 239 Å². The molecule has 14 heteroatoms. The van der Waals surface area contributed by atoms with Gasteiger partial charge in [-0.3, -0.25) is 29.0 Å². The van der Waals surface area contributed by atoms with Crippen molar-refractivity contribution in [3.8, 4) is 5.75 Å². The Morgan fingerprint density at radius 3 is 1.85 bits per heavy atom. The summed E-state index contributed by atoms with van der Waals surface area (Å²) in [4.78, 5) is 65.7. The summed E-state index contributed by atoms with van der Waals surface area (Å²) in [5.74, 6) is -4.67. The van der Waals surface area contributed by atoms with Gasteiger partial charge in [0.2, 0.25) is 17.7 Å². The van der Waals surface area contributed by atoms with E-state index < -0.39 is 65.5 Å². The third-order valence-electron chi connectivity index (χ3n) is 6.01. The second-order valence-electron chi connectivity index (χ2n) is 11.7. The third-order valence-corrected chi connectivity index (χ3v) is 6.01. The Balaban J connectivity index is 3.32. The standard InChI is InChI=1S/C27H43N7O7/c1-26(2,3)15-10-14(11-16(21(15)38)27(4,5)6)22(39)34-18(12-19(28)35)24(41)33-17(8-7-9-31-25(29)30)23(40)32-13-20(36)37/h10-11,17-18,38H,7-9,12-13H2,1-6H3,(H2,28,35)(H,32,40)(H,33,41)(H,34,39)(H,36,37)(H4,29,30,31). The van der Waals surface area contributed by atoms with Crippen LogP contribution in [-0.2, 0) is 30.0 Å². The zero-order valence-corrected chi connectivity index (χ0v) is 24.5. The first kappa shape index (κ1) is 34.7. The molecule has 2 unspecified atom stereocenters. The van der Waals surface area contributed by atoms with Gasteiger partial charge in [0.15, 0.2) is 5.96 Å². The van der Waals surface area contributed by atoms with Crippen molar-refractivity contribution in [1.29, 1.82) is 0 Å². The highest BCUT2D eigenvalue weighted by Gasteiger charge is 2.31. The summed E-state index contributed by atoms with van der Waals surface area (Å²) in [6.07, 6.45) is -0.312. The number of hydrogen-bond donors (Lipinski definition) is 8. The van der Waals surface area contributed by atoms with E-state index in [1.165, 1.54) is 12.1 Å². The minimum absolute atomic E-state index is 0.0209. The Kier molecular flexibility index (Phi) is 12.1. The number of nitrogens with zero attached hydrogens (tertiary/aromatic N) is 1. The maximum absolute atomic E-state index is 13.4. The first-order valence-corrected chi connectivity index (χ1v) is 13.1. The molecule has 4 amide bonds. The molecular weight excluding hydrogens is 534 g/mol. The van der Waals surface area contributed by atoms with Gasteiger partial charge in [0.05, 0.1) is 6.42 Å². The van der Waals surface area contributed by atoms with E-state index in [0.717, 1.165) is 0 Å². The summed E-state index contributed by atoms with van der Waals surface area (Å²) in [5.41, 5.74) is 16.1. The Hall–Kier alpha value is -4.36. The van der Waals surface area contributed by atoms with Gasteiger partial charge in [0.25, 0.3) is 5.91 Å². The van der Waals surface area contributed by atoms with Gasteiger partial charge in [-0.1, -0.05) is 41.5 Å². The number of benzene rings is 1. The highest BCUT2D eigenvalue weighted by atomic mass is 16.4. The van der Waals surface area contributed by atoms with Crippen LogP contribution in [0.25, 0.3) is 0 Å². The van der Waals surface area contributed by atoms with Crippen LogP contribution in [0, 0.1) is 0 Å². The maximum atomic E-state index is 13.4. The molecule has 1 aromatic carbocycles. The molecule has 0 bridgehead atoms. The molecule has 14 nitrogen and oxygen atoms in total. The van der Waals surface area contributed by atoms with Gasteiger partial charge in [0.1, 0.15) is 24.4 Å². The lowest BCUT2D eigenvalue weighted by Gasteiger charge is -2.28. The zero-order chi connectivity index (χ0) is 31.7. The molecule has 0 aliphatic rings. The van der Waals surface area contributed by atoms with E-state index in [-0.39, 0.29) is 36.7 Å². The molecule has 0 heterocycles. The zero-order valence-electron chi connectivity index (χ0n) is 24.5. The number of amides is 4. The molecule has 0 aromatic heterocycles.